The number of carbonyl (C=O) groups excluding carboxylic acids is 10. The van der Waals surface area contributed by atoms with Crippen molar-refractivity contribution in [3.8, 4) is 0 Å². The minimum absolute atomic E-state index is 0.0898. The predicted molar refractivity (Wildman–Crippen MR) is 182 cm³/mol. The van der Waals surface area contributed by atoms with Crippen molar-refractivity contribution < 1.29 is 84.9 Å². The van der Waals surface area contributed by atoms with E-state index in [4.69, 9.17) is 9.47 Å². The number of cyclic esters (lactones) is 2. The molecule has 0 aromatic carbocycles. The van der Waals surface area contributed by atoms with Crippen LogP contribution in [0, 0.1) is 0 Å². The number of likely N-dealkylation sites (N-methyl/N-ethyl adjacent to an activating group) is 4. The van der Waals surface area contributed by atoms with Gasteiger partial charge in [0.15, 0.2) is 0 Å². The van der Waals surface area contributed by atoms with Gasteiger partial charge in [-0.1, -0.05) is 0 Å². The molecule has 8 atom stereocenters. The summed E-state index contributed by atoms with van der Waals surface area (Å²) in [5, 5.41) is 9.69. The molecular weight excluding hydrogens is 797 g/mol. The molecular formula is C31H48N8O12SY. The van der Waals surface area contributed by atoms with Crippen molar-refractivity contribution in [2.24, 2.45) is 0 Å². The van der Waals surface area contributed by atoms with Crippen molar-refractivity contribution in [3.05, 3.63) is 0 Å². The molecule has 2 saturated heterocycles. The fourth-order valence-electron chi connectivity index (χ4n) is 5.13. The number of nitrogens with one attached hydrogen (secondary N) is 4. The Bertz CT molecular complexity index is 1380. The van der Waals surface area contributed by atoms with Crippen LogP contribution in [0.5, 0.6) is 0 Å². The molecule has 53 heavy (non-hydrogen) atoms. The van der Waals surface area contributed by atoms with Gasteiger partial charge in [-0.15, -0.1) is 0 Å². The zero-order valence-electron chi connectivity index (χ0n) is 31.4. The summed E-state index contributed by atoms with van der Waals surface area (Å²) in [5.41, 5.74) is 0. The molecule has 22 heteroatoms. The number of carbonyl (C=O) groups is 10. The third-order valence-electron chi connectivity index (χ3n) is 8.77. The first-order valence-electron chi connectivity index (χ1n) is 16.6. The van der Waals surface area contributed by atoms with E-state index in [0.717, 1.165) is 33.4 Å². The van der Waals surface area contributed by atoms with Gasteiger partial charge in [-0.2, -0.15) is 0 Å². The summed E-state index contributed by atoms with van der Waals surface area (Å²) in [6.45, 7) is 6.42. The molecule has 0 aliphatic carbocycles. The molecule has 8 amide bonds. The Balaban J connectivity index is 2.75. The number of hydrogen-bond acceptors (Lipinski definition) is 13. The second-order valence-corrected chi connectivity index (χ2v) is 19.8. The van der Waals surface area contributed by atoms with Gasteiger partial charge < -0.3 is 0 Å². The van der Waals surface area contributed by atoms with Crippen molar-refractivity contribution in [1.82, 2.24) is 40.9 Å². The standard InChI is InChI=1S/C31H49N8O12S.Y/c1-15-27(45)36(7)11-24(42)37(8)17(3)30(48)50-12-22(35-20(6)41)26(44)33-16(2)28(46)39(10)23(14-52)29(47)38(9)18(4)31(49)51-13-21(25(43)32-15)34-19(5)40;/h11,15-18,21-23,52H,12-14H2,1-10H3,(H,32,43)(H,33,44)(H,34,40)(H,35,41);/q;+1/p-1/t15-,16-,17-,18-,21+,22+,23-;/m0./s1. The van der Waals surface area contributed by atoms with Gasteiger partial charge in [0.2, 0.25) is 0 Å². The molecule has 293 valence electrons. The molecule has 2 fully saturated rings. The maximum absolute atomic E-state index is 14.1. The van der Waals surface area contributed by atoms with Crippen LogP contribution in [0.1, 0.15) is 41.5 Å². The summed E-state index contributed by atoms with van der Waals surface area (Å²) >= 11 is -2.46. The Morgan fingerprint density at radius 3 is 1.45 bits per heavy atom. The summed E-state index contributed by atoms with van der Waals surface area (Å²) in [6, 6.07) is -9.10. The topological polar surface area (TPSA) is 250 Å². The van der Waals surface area contributed by atoms with Crippen molar-refractivity contribution in [3.63, 3.8) is 0 Å². The fraction of sp³-hybridized carbons (Fsp3) is 0.677. The first-order valence-corrected chi connectivity index (χ1v) is 22.8. The summed E-state index contributed by atoms with van der Waals surface area (Å²) in [4.78, 5) is 137. The van der Waals surface area contributed by atoms with Crippen LogP contribution < -0.4 is 21.3 Å². The summed E-state index contributed by atoms with van der Waals surface area (Å²) in [7, 11) is 6.51. The molecule has 0 aromatic rings. The molecule has 20 nitrogen and oxygen atoms in total. The molecule has 2 aliphatic rings. The Labute approximate surface area is 324 Å². The third kappa shape index (κ3) is 12.1. The molecule has 2 aliphatic heterocycles. The van der Waals surface area contributed by atoms with Gasteiger partial charge in [0.25, 0.3) is 0 Å². The van der Waals surface area contributed by atoms with Gasteiger partial charge in [0, 0.05) is 0 Å². The number of esters is 2. The number of nitrogens with zero attached hydrogens (tertiary/aromatic N) is 4. The van der Waals surface area contributed by atoms with Gasteiger partial charge in [-0.3, -0.25) is 0 Å². The SMILES string of the molecule is CC(=O)N[C@@H]1COC(=O)[C@H](C)N(C)C(=O)[C@@H]2[Y][S]C[C@@H](C(=O)N(C)[C@@H](C)C(=O)OC[C@@H](NC(C)=O)C(=O)N[C@@H](C)C(=O)N2C)N(C)C(=O)[C@H](C)NC1=O. The second-order valence-electron chi connectivity index (χ2n) is 12.8. The monoisotopic (exact) mass is 845 g/mol. The summed E-state index contributed by atoms with van der Waals surface area (Å²) in [5.74, 6) is -7.77. The van der Waals surface area contributed by atoms with Crippen LogP contribution in [-0.4, -0.2) is 171 Å². The second kappa shape index (κ2) is 20.0. The average Bonchev–Trinajstić information content (AvgIpc) is 3.10. The van der Waals surface area contributed by atoms with Crippen LogP contribution in [0.2, 0.25) is 0 Å². The van der Waals surface area contributed by atoms with E-state index >= 15 is 0 Å². The zero-order valence-corrected chi connectivity index (χ0v) is 35.1. The number of rotatable bonds is 2. The minimum atomic E-state index is -2.46. The number of hydrogen-bond donors (Lipinski definition) is 4. The summed E-state index contributed by atoms with van der Waals surface area (Å²) in [6.07, 6.45) is 0. The van der Waals surface area contributed by atoms with Crippen LogP contribution in [0.15, 0.2) is 0 Å². The van der Waals surface area contributed by atoms with E-state index in [1.807, 2.05) is 0 Å². The molecule has 2 bridgehead atoms. The molecule has 2 rings (SSSR count). The van der Waals surface area contributed by atoms with Gasteiger partial charge in [-0.25, -0.2) is 0 Å². The molecule has 0 radical (unpaired) electrons. The molecule has 0 saturated carbocycles. The molecule has 0 unspecified atom stereocenters. The summed E-state index contributed by atoms with van der Waals surface area (Å²) < 4.78 is 9.52. The Kier molecular flexibility index (Phi) is 17.1. The van der Waals surface area contributed by atoms with Crippen LogP contribution >= 0.6 is 7.28 Å². The first-order chi connectivity index (χ1) is 24.6. The Morgan fingerprint density at radius 2 is 1.04 bits per heavy atom. The quantitative estimate of drug-likeness (QED) is 0.195. The van der Waals surface area contributed by atoms with E-state index in [1.165, 1.54) is 63.2 Å². The van der Waals surface area contributed by atoms with E-state index in [-0.39, 0.29) is 5.75 Å². The van der Waals surface area contributed by atoms with Crippen molar-refractivity contribution in [2.75, 3.05) is 47.2 Å². The predicted octanol–water partition coefficient (Wildman–Crippen LogP) is -3.85. The van der Waals surface area contributed by atoms with Gasteiger partial charge in [-0.05, 0) is 0 Å². The van der Waals surface area contributed by atoms with E-state index < -0.39 is 145 Å². The van der Waals surface area contributed by atoms with Crippen LogP contribution in [0.3, 0.4) is 0 Å². The number of ether oxygens (including phenoxy) is 2. The molecule has 0 aromatic heterocycles. The van der Waals surface area contributed by atoms with Crippen molar-refractivity contribution in [2.45, 2.75) is 86.7 Å². The normalized spacial score (nSPS) is 29.5. The van der Waals surface area contributed by atoms with Crippen molar-refractivity contribution >= 4 is 66.5 Å². The van der Waals surface area contributed by atoms with E-state index in [2.05, 4.69) is 21.3 Å². The van der Waals surface area contributed by atoms with Crippen molar-refractivity contribution in [1.29, 1.82) is 0 Å². The molecule has 4 N–H and O–H groups in total. The zero-order chi connectivity index (χ0) is 40.5. The van der Waals surface area contributed by atoms with Gasteiger partial charge >= 0.3 is 326 Å². The first kappa shape index (κ1) is 45.3. The Hall–Kier alpha value is -3.85. The van der Waals surface area contributed by atoms with E-state index in [0.29, 0.717) is 0 Å². The van der Waals surface area contributed by atoms with Gasteiger partial charge in [0.05, 0.1) is 0 Å². The molecule has 0 spiro atoms. The number of fused-ring (bicyclic) bond motifs is 4. The fourth-order valence-corrected chi connectivity index (χ4v) is 12.9. The number of amides is 8. The maximum atomic E-state index is 14.1. The van der Waals surface area contributed by atoms with Crippen LogP contribution in [-0.2, 0) is 84.9 Å². The third-order valence-corrected chi connectivity index (χ3v) is 16.3. The van der Waals surface area contributed by atoms with Crippen LogP contribution in [0.25, 0.3) is 0 Å². The van der Waals surface area contributed by atoms with Gasteiger partial charge in [0.1, 0.15) is 0 Å². The van der Waals surface area contributed by atoms with E-state index in [9.17, 15) is 47.9 Å². The average molecular weight is 846 g/mol. The molecule has 2 heterocycles. The van der Waals surface area contributed by atoms with E-state index in [1.54, 1.807) is 0 Å². The Morgan fingerprint density at radius 1 is 0.642 bits per heavy atom. The van der Waals surface area contributed by atoms with Crippen LogP contribution in [0.4, 0.5) is 0 Å².